The summed E-state index contributed by atoms with van der Waals surface area (Å²) in [6.07, 6.45) is -9.18. The number of fused-ring (bicyclic) bond motifs is 2. The summed E-state index contributed by atoms with van der Waals surface area (Å²) in [6.45, 7) is -1.26. The smallest absolute Gasteiger partial charge is 0.338 e. The van der Waals surface area contributed by atoms with Gasteiger partial charge in [-0.2, -0.15) is 0 Å². The van der Waals surface area contributed by atoms with Crippen LogP contribution >= 0.6 is 43.3 Å². The molecule has 2 saturated heterocycles. The summed E-state index contributed by atoms with van der Waals surface area (Å²) in [5.74, 6) is -6.99. The van der Waals surface area contributed by atoms with Gasteiger partial charge in [-0.15, -0.1) is 0 Å². The summed E-state index contributed by atoms with van der Waals surface area (Å²) in [6, 6.07) is 63.8. The molecule has 10 atom stereocenters. The first-order valence-corrected chi connectivity index (χ1v) is 44.8. The quantitative estimate of drug-likeness (QED) is 0.0145. The Kier molecular flexibility index (Phi) is 25.6. The van der Waals surface area contributed by atoms with Crippen molar-refractivity contribution >= 4 is 148 Å². The van der Waals surface area contributed by atoms with Crippen LogP contribution in [0.25, 0.3) is 22.3 Å². The van der Waals surface area contributed by atoms with Crippen LogP contribution in [0.2, 0.25) is 0 Å². The second kappa shape index (κ2) is 36.4. The van der Waals surface area contributed by atoms with Gasteiger partial charge in [-0.3, -0.25) is 32.9 Å². The van der Waals surface area contributed by atoms with Gasteiger partial charge in [0.2, 0.25) is 11.4 Å². The second-order valence-electron chi connectivity index (χ2n) is 25.5. The molecule has 30 nitrogen and oxygen atoms in total. The van der Waals surface area contributed by atoms with Crippen LogP contribution in [-0.4, -0.2) is 156 Å². The summed E-state index contributed by atoms with van der Waals surface area (Å²) < 4.78 is 86.0. The topological polar surface area (TPSA) is 349 Å². The molecule has 2 fully saturated rings. The number of carbonyl (C=O) groups is 8. The lowest BCUT2D eigenvalue weighted by Crippen LogP contribution is -2.41. The molecule has 8 aromatic carbocycles. The maximum atomic E-state index is 14.8. The molecule has 2 aliphatic rings. The summed E-state index contributed by atoms with van der Waals surface area (Å²) in [5, 5.41) is 0. The van der Waals surface area contributed by atoms with Gasteiger partial charge in [-0.05, 0) is 121 Å². The van der Waals surface area contributed by atoms with Crippen LogP contribution in [-0.2, 0) is 79.2 Å². The highest BCUT2D eigenvalue weighted by Crippen LogP contribution is 2.62. The van der Waals surface area contributed by atoms with Gasteiger partial charge in [0.15, 0.2) is 70.8 Å². The molecule has 6 heterocycles. The van der Waals surface area contributed by atoms with Crippen LogP contribution in [0.15, 0.2) is 268 Å². The SMILES string of the molecule is COP(=O)(COP(=S)(S)OC[C@H]1O[C@@H](n2cnc3c(N(C(=O)c4ccccc4)C(=O)c4ccccc4)ncnc32)[C@H](OC(=O)c2ccccc2)[C@@H]1OC(=O)c1ccccc1)COP(=S)(S)OC[C@H]1O[C@@H](n2cnc3c(N(C(=O)c4ccccc4)C(=O)c4ccccc4)ncnc32)[C@H](OC(=O)c2ccccc2)[C@@H]1OC(=O)c1ccccc1. The molecule has 0 bridgehead atoms. The maximum absolute atomic E-state index is 14.8. The average Bonchev–Trinajstić information content (AvgIpc) is 1.59. The minimum Gasteiger partial charge on any atom is -0.452 e. The number of carbonyl (C=O) groups excluding carboxylic acids is 8. The molecule has 0 saturated carbocycles. The first-order valence-electron chi connectivity index (χ1n) is 35.2. The number of hydrogen-bond acceptors (Lipinski definition) is 28. The molecule has 4 aromatic heterocycles. The molecule has 0 radical (unpaired) electrons. The fraction of sp³-hybridized carbons (Fsp3) is 0.165. The Morgan fingerprint density at radius 3 is 0.905 bits per heavy atom. The van der Waals surface area contributed by atoms with Crippen molar-refractivity contribution in [3.63, 3.8) is 0 Å². The number of esters is 4. The van der Waals surface area contributed by atoms with Crippen LogP contribution in [0.5, 0.6) is 0 Å². The van der Waals surface area contributed by atoms with Crippen molar-refractivity contribution in [3.05, 3.63) is 312 Å². The number of imidazole rings is 2. The van der Waals surface area contributed by atoms with Crippen LogP contribution in [0.3, 0.4) is 0 Å². The lowest BCUT2D eigenvalue weighted by atomic mass is 10.1. The predicted molar refractivity (Wildman–Crippen MR) is 434 cm³/mol. The highest BCUT2D eigenvalue weighted by atomic mass is 32.9. The van der Waals surface area contributed by atoms with E-state index >= 15 is 0 Å². The predicted octanol–water partition coefficient (Wildman–Crippen LogP) is 13.6. The van der Waals surface area contributed by atoms with Gasteiger partial charge < -0.3 is 51.0 Å². The minimum absolute atomic E-state index is 0.0438. The highest BCUT2D eigenvalue weighted by Gasteiger charge is 2.54. The molecule has 0 aliphatic carbocycles. The van der Waals surface area contributed by atoms with E-state index in [2.05, 4.69) is 54.4 Å². The first-order chi connectivity index (χ1) is 56.1. The summed E-state index contributed by atoms with van der Waals surface area (Å²) >= 11 is 20.8. The van der Waals surface area contributed by atoms with Gasteiger partial charge in [-0.25, -0.2) is 58.9 Å². The molecule has 2 aliphatic heterocycles. The van der Waals surface area contributed by atoms with Crippen LogP contribution in [0, 0.1) is 0 Å². The number of ether oxygens (including phenoxy) is 6. The van der Waals surface area contributed by atoms with Gasteiger partial charge in [0, 0.05) is 29.4 Å². The van der Waals surface area contributed by atoms with Crippen molar-refractivity contribution in [2.45, 2.75) is 49.1 Å². The van der Waals surface area contributed by atoms with E-state index in [1.54, 1.807) is 146 Å². The standard InChI is InChI=1S/C79H65N10O20P3S4/c1-99-110(98,48-102-111(113,114)100-42-58-62(106-76(94)54-34-18-6-19-35-54)64(108-78(96)56-38-22-8-23-39-56)74(104-58)86-46-84-60-66(86)80-44-82-68(60)88(70(90)50-26-10-2-11-27-50)71(91)51-28-12-3-13-29-51)49-103-112(115,116)101-43-59-63(107-77(95)55-36-20-7-21-37-55)65(109-79(97)57-40-24-9-25-41-57)75(105-59)87-47-85-61-67(87)81-45-83-69(61)89(72(92)52-30-14-4-15-31-52)73(93)53-32-16-5-17-33-53/h2-41,44-47,58-59,62-65,74-75H,42-43,48-49H2,1H3,(H,113,114)(H,115,116)/t58-,59-,62-,63-,64-,65-,74-,75-/m1/s1. The van der Waals surface area contributed by atoms with Crippen LogP contribution in [0.1, 0.15) is 95.3 Å². The third-order valence-corrected chi connectivity index (χ3v) is 24.7. The third-order valence-electron chi connectivity index (χ3n) is 18.1. The molecule has 14 rings (SSSR count). The van der Waals surface area contributed by atoms with Gasteiger partial charge in [0.05, 0.1) is 48.1 Å². The van der Waals surface area contributed by atoms with Gasteiger partial charge in [0.25, 0.3) is 31.0 Å². The van der Waals surface area contributed by atoms with Crippen molar-refractivity contribution in [1.82, 2.24) is 39.0 Å². The summed E-state index contributed by atoms with van der Waals surface area (Å²) in [7, 11) is -3.11. The largest absolute Gasteiger partial charge is 0.452 e. The van der Waals surface area contributed by atoms with E-state index in [0.717, 1.165) is 29.6 Å². The number of aromatic nitrogens is 8. The van der Waals surface area contributed by atoms with Crippen molar-refractivity contribution in [2.24, 2.45) is 0 Å². The van der Waals surface area contributed by atoms with Crippen molar-refractivity contribution < 1.29 is 94.0 Å². The van der Waals surface area contributed by atoms with E-state index in [-0.39, 0.29) is 78.5 Å². The maximum Gasteiger partial charge on any atom is 0.338 e. The zero-order chi connectivity index (χ0) is 81.1. The number of rotatable bonds is 29. The number of benzene rings is 8. The van der Waals surface area contributed by atoms with Crippen molar-refractivity contribution in [1.29, 1.82) is 0 Å². The Morgan fingerprint density at radius 1 is 0.379 bits per heavy atom. The molecule has 12 aromatic rings. The Bertz CT molecular complexity index is 5310. The van der Waals surface area contributed by atoms with Gasteiger partial charge in [0.1, 0.15) is 37.6 Å². The van der Waals surface area contributed by atoms with Crippen molar-refractivity contribution in [2.75, 3.05) is 42.8 Å². The summed E-state index contributed by atoms with van der Waals surface area (Å²) in [5.41, 5.74) is -7.22. The van der Waals surface area contributed by atoms with E-state index in [1.807, 2.05) is 0 Å². The normalized spacial score (nSPS) is 19.3. The number of hydrogen-bond donors (Lipinski definition) is 2. The number of thiol groups is 2. The van der Waals surface area contributed by atoms with Crippen LogP contribution < -0.4 is 9.80 Å². The Hall–Kier alpha value is -11.0. The summed E-state index contributed by atoms with van der Waals surface area (Å²) in [4.78, 5) is 144. The van der Waals surface area contributed by atoms with E-state index < -0.39 is 141 Å². The second-order valence-corrected chi connectivity index (χ2v) is 38.6. The number of anilines is 2. The molecule has 0 spiro atoms. The zero-order valence-corrected chi connectivity index (χ0v) is 66.6. The third kappa shape index (κ3) is 18.6. The number of amides is 4. The lowest BCUT2D eigenvalue weighted by molar-refractivity contribution is -0.0539. The van der Waals surface area contributed by atoms with E-state index in [1.165, 1.54) is 119 Å². The van der Waals surface area contributed by atoms with E-state index in [9.17, 15) is 42.9 Å². The number of nitrogens with zero attached hydrogens (tertiary/aromatic N) is 10. The Balaban J connectivity index is 0.716. The van der Waals surface area contributed by atoms with Crippen LogP contribution in [0.4, 0.5) is 11.6 Å². The molecule has 4 amide bonds. The lowest BCUT2D eigenvalue weighted by Gasteiger charge is -2.26. The fourth-order valence-corrected chi connectivity index (χ4v) is 18.6. The van der Waals surface area contributed by atoms with Gasteiger partial charge >= 0.3 is 23.9 Å². The average molecular weight is 1700 g/mol. The van der Waals surface area contributed by atoms with E-state index in [0.29, 0.717) is 0 Å². The molecule has 2 unspecified atom stereocenters. The molecule has 0 N–H and O–H groups in total. The number of imide groups is 2. The van der Waals surface area contributed by atoms with E-state index in [4.69, 9.17) is 74.7 Å². The van der Waals surface area contributed by atoms with Crippen molar-refractivity contribution in [3.8, 4) is 0 Å². The highest BCUT2D eigenvalue weighted by molar-refractivity contribution is 8.60. The molecular formula is C79H65N10O20P3S4. The Labute approximate surface area is 681 Å². The Morgan fingerprint density at radius 2 is 0.638 bits per heavy atom. The van der Waals surface area contributed by atoms with Gasteiger partial charge in [-0.1, -0.05) is 170 Å². The molecule has 590 valence electrons. The molecule has 37 heteroatoms. The fourth-order valence-electron chi connectivity index (χ4n) is 12.4. The first kappa shape index (κ1) is 81.5. The molecular weight excluding hydrogens is 1630 g/mol. The molecule has 116 heavy (non-hydrogen) atoms. The zero-order valence-electron chi connectivity index (χ0n) is 60.5. The monoisotopic (exact) mass is 1690 g/mol. The minimum atomic E-state index is -4.21.